The van der Waals surface area contributed by atoms with Gasteiger partial charge in [0.2, 0.25) is 0 Å². The number of primary amides is 1. The zero-order chi connectivity index (χ0) is 14.5. The van der Waals surface area contributed by atoms with Crippen molar-refractivity contribution < 1.29 is 9.53 Å². The van der Waals surface area contributed by atoms with E-state index in [0.29, 0.717) is 16.3 Å². The number of carbonyl (C=O) groups excluding carboxylic acids is 1. The number of ether oxygens (including phenoxy) is 1. The van der Waals surface area contributed by atoms with Crippen molar-refractivity contribution in [1.82, 2.24) is 0 Å². The molecule has 0 aliphatic rings. The summed E-state index contributed by atoms with van der Waals surface area (Å²) in [5, 5.41) is 3.97. The van der Waals surface area contributed by atoms with Gasteiger partial charge in [-0.05, 0) is 12.0 Å². The lowest BCUT2D eigenvalue weighted by Gasteiger charge is -2.07. The molecule has 20 heavy (non-hydrogen) atoms. The molecule has 1 aromatic carbocycles. The number of anilines is 2. The van der Waals surface area contributed by atoms with E-state index in [4.69, 9.17) is 16.2 Å². The van der Waals surface area contributed by atoms with Crippen LogP contribution in [-0.4, -0.2) is 19.6 Å². The molecule has 0 radical (unpaired) electrons. The van der Waals surface area contributed by atoms with Crippen molar-refractivity contribution >= 4 is 27.9 Å². The van der Waals surface area contributed by atoms with E-state index in [1.165, 1.54) is 24.0 Å². The second-order valence-corrected chi connectivity index (χ2v) is 5.25. The Hall–Kier alpha value is -2.21. The van der Waals surface area contributed by atoms with Gasteiger partial charge in [0.15, 0.2) is 5.75 Å². The Balaban J connectivity index is 2.06. The number of thiophene rings is 1. The molecule has 0 atom stereocenters. The molecule has 0 saturated heterocycles. The van der Waals surface area contributed by atoms with E-state index >= 15 is 0 Å². The van der Waals surface area contributed by atoms with E-state index in [0.717, 1.165) is 18.0 Å². The second kappa shape index (κ2) is 6.29. The quantitative estimate of drug-likeness (QED) is 0.760. The van der Waals surface area contributed by atoms with Crippen LogP contribution in [0, 0.1) is 0 Å². The summed E-state index contributed by atoms with van der Waals surface area (Å²) in [5.74, 6) is -0.0567. The lowest BCUT2D eigenvalue weighted by Crippen LogP contribution is -2.10. The molecule has 0 unspecified atom stereocenters. The normalized spacial score (nSPS) is 10.2. The van der Waals surface area contributed by atoms with Crippen LogP contribution >= 0.6 is 11.3 Å². The molecule has 0 bridgehead atoms. The Morgan fingerprint density at radius 3 is 2.65 bits per heavy atom. The van der Waals surface area contributed by atoms with Crippen molar-refractivity contribution in [1.29, 1.82) is 0 Å². The zero-order valence-corrected chi connectivity index (χ0v) is 12.0. The zero-order valence-electron chi connectivity index (χ0n) is 11.2. The van der Waals surface area contributed by atoms with Crippen LogP contribution in [0.4, 0.5) is 10.7 Å². The Bertz CT molecular complexity index is 596. The van der Waals surface area contributed by atoms with Crippen LogP contribution in [0.15, 0.2) is 30.3 Å². The molecule has 0 fully saturated rings. The summed E-state index contributed by atoms with van der Waals surface area (Å²) in [5.41, 5.74) is 12.7. The van der Waals surface area contributed by atoms with E-state index in [9.17, 15) is 4.79 Å². The van der Waals surface area contributed by atoms with Crippen molar-refractivity contribution in [3.63, 3.8) is 0 Å². The molecule has 6 heteroatoms. The van der Waals surface area contributed by atoms with Gasteiger partial charge in [0, 0.05) is 6.54 Å². The Morgan fingerprint density at radius 2 is 2.05 bits per heavy atom. The first-order valence-corrected chi connectivity index (χ1v) is 6.99. The highest BCUT2D eigenvalue weighted by molar-refractivity contribution is 7.19. The predicted octanol–water partition coefficient (Wildman–Crippen LogP) is 2.09. The van der Waals surface area contributed by atoms with Gasteiger partial charge in [-0.25, -0.2) is 0 Å². The molecular weight excluding hydrogens is 274 g/mol. The first kappa shape index (κ1) is 14.2. The van der Waals surface area contributed by atoms with E-state index in [1.54, 1.807) is 0 Å². The van der Waals surface area contributed by atoms with E-state index in [-0.39, 0.29) is 0 Å². The molecule has 0 spiro atoms. The molecule has 1 heterocycles. The highest BCUT2D eigenvalue weighted by atomic mass is 32.1. The molecule has 5 nitrogen and oxygen atoms in total. The third-order valence-electron chi connectivity index (χ3n) is 2.87. The van der Waals surface area contributed by atoms with Crippen molar-refractivity contribution in [3.05, 3.63) is 40.8 Å². The van der Waals surface area contributed by atoms with Gasteiger partial charge >= 0.3 is 0 Å². The van der Waals surface area contributed by atoms with Gasteiger partial charge in [-0.1, -0.05) is 30.3 Å². The predicted molar refractivity (Wildman–Crippen MR) is 82.4 cm³/mol. The summed E-state index contributed by atoms with van der Waals surface area (Å²) in [7, 11) is 1.52. The molecular formula is C14H17N3O2S. The van der Waals surface area contributed by atoms with Crippen LogP contribution in [-0.2, 0) is 6.42 Å². The molecule has 2 rings (SSSR count). The van der Waals surface area contributed by atoms with E-state index in [2.05, 4.69) is 17.4 Å². The SMILES string of the molecule is COc1c(NCCc2ccccc2)sc(C(N)=O)c1N. The van der Waals surface area contributed by atoms with Crippen LogP contribution in [0.25, 0.3) is 0 Å². The smallest absolute Gasteiger partial charge is 0.261 e. The largest absolute Gasteiger partial charge is 0.492 e. The van der Waals surface area contributed by atoms with Gasteiger partial charge in [0.25, 0.3) is 5.91 Å². The first-order chi connectivity index (χ1) is 9.63. The number of carbonyl (C=O) groups is 1. The van der Waals surface area contributed by atoms with Crippen LogP contribution in [0.2, 0.25) is 0 Å². The number of nitrogens with two attached hydrogens (primary N) is 2. The first-order valence-electron chi connectivity index (χ1n) is 6.17. The molecule has 0 saturated carbocycles. The molecule has 106 valence electrons. The maximum atomic E-state index is 11.3. The van der Waals surface area contributed by atoms with Crippen molar-refractivity contribution in [2.75, 3.05) is 24.7 Å². The summed E-state index contributed by atoms with van der Waals surface area (Å²) in [6.45, 7) is 0.721. The van der Waals surface area contributed by atoms with Crippen molar-refractivity contribution in [3.8, 4) is 5.75 Å². The molecule has 0 aliphatic heterocycles. The van der Waals surface area contributed by atoms with Gasteiger partial charge in [-0.3, -0.25) is 4.79 Å². The average Bonchev–Trinajstić information content (AvgIpc) is 2.76. The summed E-state index contributed by atoms with van der Waals surface area (Å²) >= 11 is 1.22. The molecule has 5 N–H and O–H groups in total. The Kier molecular flexibility index (Phi) is 4.47. The third kappa shape index (κ3) is 3.03. The van der Waals surface area contributed by atoms with Gasteiger partial charge in [0.1, 0.15) is 15.6 Å². The van der Waals surface area contributed by atoms with Gasteiger partial charge < -0.3 is 21.5 Å². The lowest BCUT2D eigenvalue weighted by atomic mass is 10.1. The standard InChI is InChI=1S/C14H17N3O2S/c1-19-11-10(15)12(13(16)18)20-14(11)17-8-7-9-5-3-2-4-6-9/h2-6,17H,7-8,15H2,1H3,(H2,16,18). The van der Waals surface area contributed by atoms with Crippen LogP contribution in [0.1, 0.15) is 15.2 Å². The minimum Gasteiger partial charge on any atom is -0.492 e. The van der Waals surface area contributed by atoms with Crippen LogP contribution in [0.5, 0.6) is 5.75 Å². The summed E-state index contributed by atoms with van der Waals surface area (Å²) < 4.78 is 5.22. The van der Waals surface area contributed by atoms with Crippen LogP contribution < -0.4 is 21.5 Å². The Morgan fingerprint density at radius 1 is 1.35 bits per heavy atom. The fraction of sp³-hybridized carbons (Fsp3) is 0.214. The summed E-state index contributed by atoms with van der Waals surface area (Å²) in [4.78, 5) is 11.6. The number of hydrogen-bond acceptors (Lipinski definition) is 5. The number of benzene rings is 1. The number of methoxy groups -OCH3 is 1. The molecule has 1 aromatic heterocycles. The van der Waals surface area contributed by atoms with Gasteiger partial charge in [-0.2, -0.15) is 0 Å². The lowest BCUT2D eigenvalue weighted by molar-refractivity contribution is 0.100. The topological polar surface area (TPSA) is 90.4 Å². The number of rotatable bonds is 6. The Labute approximate surface area is 121 Å². The second-order valence-electron chi connectivity index (χ2n) is 4.23. The third-order valence-corrected chi connectivity index (χ3v) is 4.03. The fourth-order valence-electron chi connectivity index (χ4n) is 1.90. The number of amides is 1. The van der Waals surface area contributed by atoms with Crippen molar-refractivity contribution in [2.45, 2.75) is 6.42 Å². The van der Waals surface area contributed by atoms with E-state index in [1.807, 2.05) is 18.2 Å². The minimum atomic E-state index is -0.540. The minimum absolute atomic E-state index is 0.298. The molecule has 2 aromatic rings. The maximum absolute atomic E-state index is 11.3. The molecule has 1 amide bonds. The number of nitrogens with one attached hydrogen (secondary N) is 1. The number of nitrogen functional groups attached to an aromatic ring is 1. The van der Waals surface area contributed by atoms with Crippen LogP contribution in [0.3, 0.4) is 0 Å². The number of hydrogen-bond donors (Lipinski definition) is 3. The highest BCUT2D eigenvalue weighted by Gasteiger charge is 2.19. The average molecular weight is 291 g/mol. The summed E-state index contributed by atoms with van der Waals surface area (Å²) in [6, 6.07) is 10.1. The van der Waals surface area contributed by atoms with E-state index < -0.39 is 5.91 Å². The monoisotopic (exact) mass is 291 g/mol. The summed E-state index contributed by atoms with van der Waals surface area (Å²) in [6.07, 6.45) is 0.869. The fourth-order valence-corrected chi connectivity index (χ4v) is 2.86. The highest BCUT2D eigenvalue weighted by Crippen LogP contribution is 2.42. The molecule has 0 aliphatic carbocycles. The maximum Gasteiger partial charge on any atom is 0.261 e. The van der Waals surface area contributed by atoms with Crippen molar-refractivity contribution in [2.24, 2.45) is 5.73 Å². The van der Waals surface area contributed by atoms with Gasteiger partial charge in [-0.15, -0.1) is 11.3 Å². The van der Waals surface area contributed by atoms with Gasteiger partial charge in [0.05, 0.1) is 7.11 Å².